The molecule has 0 aliphatic heterocycles. The Kier molecular flexibility index (Phi) is 5.78. The van der Waals surface area contributed by atoms with Crippen LogP contribution in [0.4, 0.5) is 0 Å². The maximum Gasteiger partial charge on any atom is 0.164 e. The highest BCUT2D eigenvalue weighted by molar-refractivity contribution is 5.75. The number of aromatic nitrogens is 5. The first kappa shape index (κ1) is 25.7. The third-order valence-electron chi connectivity index (χ3n) is 9.11. The van der Waals surface area contributed by atoms with E-state index in [2.05, 4.69) is 83.6 Å². The van der Waals surface area contributed by atoms with Gasteiger partial charge in [-0.25, -0.2) is 15.0 Å². The molecule has 0 saturated heterocycles. The molecule has 5 nitrogen and oxygen atoms in total. The lowest BCUT2D eigenvalue weighted by Crippen LogP contribution is -2.27. The highest BCUT2D eigenvalue weighted by atomic mass is 15.0. The van der Waals surface area contributed by atoms with Crippen LogP contribution in [0.1, 0.15) is 50.8 Å². The molecule has 2 unspecified atom stereocenters. The zero-order chi connectivity index (χ0) is 29.9. The lowest BCUT2D eigenvalue weighted by molar-refractivity contribution is 0.755. The molecule has 2 atom stereocenters. The summed E-state index contributed by atoms with van der Waals surface area (Å²) >= 11 is 0. The van der Waals surface area contributed by atoms with E-state index in [9.17, 15) is 0 Å². The lowest BCUT2D eigenvalue weighted by atomic mass is 9.60. The molecule has 212 valence electrons. The van der Waals surface area contributed by atoms with Crippen molar-refractivity contribution in [1.29, 1.82) is 0 Å². The van der Waals surface area contributed by atoms with Gasteiger partial charge in [0.15, 0.2) is 17.5 Å². The van der Waals surface area contributed by atoms with Crippen molar-refractivity contribution in [2.45, 2.75) is 18.8 Å². The highest BCUT2D eigenvalue weighted by Crippen LogP contribution is 2.56. The third-order valence-corrected chi connectivity index (χ3v) is 9.11. The predicted molar refractivity (Wildman–Crippen MR) is 177 cm³/mol. The Bertz CT molecular complexity index is 2190. The van der Waals surface area contributed by atoms with Crippen LogP contribution in [-0.4, -0.2) is 24.9 Å². The zero-order valence-electron chi connectivity index (χ0n) is 24.6. The van der Waals surface area contributed by atoms with Gasteiger partial charge in [0, 0.05) is 58.9 Å². The summed E-state index contributed by atoms with van der Waals surface area (Å²) in [5, 5.41) is 0. The molecule has 3 aliphatic rings. The van der Waals surface area contributed by atoms with Gasteiger partial charge in [-0.3, -0.25) is 9.97 Å². The lowest BCUT2D eigenvalue weighted by Gasteiger charge is -2.42. The maximum atomic E-state index is 5.01. The summed E-state index contributed by atoms with van der Waals surface area (Å²) in [6, 6.07) is 38.9. The Morgan fingerprint density at radius 2 is 0.933 bits per heavy atom. The number of pyridine rings is 2. The molecule has 7 aromatic rings. The van der Waals surface area contributed by atoms with Crippen LogP contribution < -0.4 is 0 Å². The molecule has 0 saturated carbocycles. The minimum atomic E-state index is 0.135. The van der Waals surface area contributed by atoms with Gasteiger partial charge < -0.3 is 0 Å². The Hall–Kier alpha value is -5.81. The van der Waals surface area contributed by atoms with E-state index in [0.717, 1.165) is 27.8 Å². The van der Waals surface area contributed by atoms with E-state index in [4.69, 9.17) is 15.0 Å². The van der Waals surface area contributed by atoms with E-state index in [-0.39, 0.29) is 11.8 Å². The van der Waals surface area contributed by atoms with Crippen LogP contribution in [0.2, 0.25) is 0 Å². The van der Waals surface area contributed by atoms with Gasteiger partial charge in [0.2, 0.25) is 0 Å². The van der Waals surface area contributed by atoms with Crippen LogP contribution in [0.15, 0.2) is 134 Å². The van der Waals surface area contributed by atoms with E-state index in [1.165, 1.54) is 38.9 Å². The average molecular weight is 578 g/mol. The Balaban J connectivity index is 1.21. The van der Waals surface area contributed by atoms with Crippen molar-refractivity contribution in [3.63, 3.8) is 0 Å². The minimum Gasteiger partial charge on any atom is -0.265 e. The summed E-state index contributed by atoms with van der Waals surface area (Å²) in [6.07, 6.45) is 7.41. The summed E-state index contributed by atoms with van der Waals surface area (Å²) in [5.41, 5.74) is 14.5. The molecule has 0 N–H and O–H groups in total. The molecule has 0 radical (unpaired) electrons. The molecule has 3 heterocycles. The molecule has 3 aromatic heterocycles. The standard InChI is InChI=1S/C40H27N5/c1-24-19-29(23-42-22-24)27-11-13-32-34(20-27)36-30-9-5-6-10-31(30)37(32)35-21-28(12-14-33(35)36)40-44-38(25-7-3-2-4-8-25)43-39(45-40)26-15-17-41-18-16-26/h2-23,36-37H,1H3. The number of hydrogen-bond acceptors (Lipinski definition) is 5. The summed E-state index contributed by atoms with van der Waals surface area (Å²) in [5.74, 6) is 2.25. The van der Waals surface area contributed by atoms with Crippen molar-refractivity contribution in [3.8, 4) is 45.3 Å². The molecule has 5 heteroatoms. The van der Waals surface area contributed by atoms with Gasteiger partial charge in [0.25, 0.3) is 0 Å². The summed E-state index contributed by atoms with van der Waals surface area (Å²) in [7, 11) is 0. The second-order valence-electron chi connectivity index (χ2n) is 11.8. The predicted octanol–water partition coefficient (Wildman–Crippen LogP) is 8.63. The molecule has 2 bridgehead atoms. The van der Waals surface area contributed by atoms with E-state index in [0.29, 0.717) is 17.5 Å². The van der Waals surface area contributed by atoms with Crippen molar-refractivity contribution in [2.24, 2.45) is 0 Å². The van der Waals surface area contributed by atoms with E-state index >= 15 is 0 Å². The van der Waals surface area contributed by atoms with Gasteiger partial charge in [0.05, 0.1) is 0 Å². The van der Waals surface area contributed by atoms with Gasteiger partial charge in [-0.15, -0.1) is 0 Å². The number of rotatable bonds is 4. The van der Waals surface area contributed by atoms with Crippen molar-refractivity contribution in [3.05, 3.63) is 173 Å². The molecule has 4 aromatic carbocycles. The number of hydrogen-bond donors (Lipinski definition) is 0. The van der Waals surface area contributed by atoms with E-state index < -0.39 is 0 Å². The fourth-order valence-corrected chi connectivity index (χ4v) is 7.10. The summed E-state index contributed by atoms with van der Waals surface area (Å²) < 4.78 is 0. The second kappa shape index (κ2) is 10.1. The maximum absolute atomic E-state index is 5.01. The fourth-order valence-electron chi connectivity index (χ4n) is 7.10. The summed E-state index contributed by atoms with van der Waals surface area (Å²) in [4.78, 5) is 23.5. The molecular formula is C40H27N5. The topological polar surface area (TPSA) is 64.5 Å². The Morgan fingerprint density at radius 1 is 0.400 bits per heavy atom. The SMILES string of the molecule is Cc1cncc(-c2ccc3c(c2)C2c4ccccc4C3c3cc(-c4nc(-c5ccccc5)nc(-c5ccncc5)n4)ccc32)c1. The minimum absolute atomic E-state index is 0.135. The average Bonchev–Trinajstić information content (AvgIpc) is 3.11. The molecule has 10 rings (SSSR count). The van der Waals surface area contributed by atoms with Gasteiger partial charge in [-0.05, 0) is 81.8 Å². The molecular weight excluding hydrogens is 550 g/mol. The van der Waals surface area contributed by atoms with E-state index in [1.807, 2.05) is 54.9 Å². The smallest absolute Gasteiger partial charge is 0.164 e. The van der Waals surface area contributed by atoms with Gasteiger partial charge in [0.1, 0.15) is 0 Å². The molecule has 45 heavy (non-hydrogen) atoms. The fraction of sp³-hybridized carbons (Fsp3) is 0.0750. The highest BCUT2D eigenvalue weighted by Gasteiger charge is 2.41. The van der Waals surface area contributed by atoms with Crippen LogP contribution >= 0.6 is 0 Å². The number of nitrogens with zero attached hydrogens (tertiary/aromatic N) is 5. The van der Waals surface area contributed by atoms with Crippen LogP contribution in [0, 0.1) is 6.92 Å². The van der Waals surface area contributed by atoms with Crippen LogP contribution in [0.5, 0.6) is 0 Å². The van der Waals surface area contributed by atoms with Crippen molar-refractivity contribution < 1.29 is 0 Å². The van der Waals surface area contributed by atoms with Gasteiger partial charge in [-0.1, -0.05) is 78.9 Å². The van der Waals surface area contributed by atoms with Crippen molar-refractivity contribution >= 4 is 0 Å². The second-order valence-corrected chi connectivity index (χ2v) is 11.8. The molecule has 0 amide bonds. The van der Waals surface area contributed by atoms with Gasteiger partial charge in [-0.2, -0.15) is 0 Å². The monoisotopic (exact) mass is 577 g/mol. The zero-order valence-corrected chi connectivity index (χ0v) is 24.6. The molecule has 3 aliphatic carbocycles. The largest absolute Gasteiger partial charge is 0.265 e. The quantitative estimate of drug-likeness (QED) is 0.210. The van der Waals surface area contributed by atoms with Crippen molar-refractivity contribution in [1.82, 2.24) is 24.9 Å². The van der Waals surface area contributed by atoms with Crippen LogP contribution in [0.3, 0.4) is 0 Å². The first-order chi connectivity index (χ1) is 22.2. The first-order valence-electron chi connectivity index (χ1n) is 15.2. The summed E-state index contributed by atoms with van der Waals surface area (Å²) in [6.45, 7) is 2.09. The number of benzene rings is 4. The Morgan fingerprint density at radius 3 is 1.58 bits per heavy atom. The van der Waals surface area contributed by atoms with Gasteiger partial charge >= 0.3 is 0 Å². The van der Waals surface area contributed by atoms with Crippen molar-refractivity contribution in [2.75, 3.05) is 0 Å². The van der Waals surface area contributed by atoms with Crippen LogP contribution in [0.25, 0.3) is 45.3 Å². The Labute approximate surface area is 261 Å². The van der Waals surface area contributed by atoms with E-state index in [1.54, 1.807) is 12.4 Å². The number of aryl methyl sites for hydroxylation is 1. The first-order valence-corrected chi connectivity index (χ1v) is 15.2. The molecule has 0 spiro atoms. The molecule has 0 fully saturated rings. The third kappa shape index (κ3) is 4.20. The van der Waals surface area contributed by atoms with Crippen LogP contribution in [-0.2, 0) is 0 Å². The normalized spacial score (nSPS) is 15.7.